The van der Waals surface area contributed by atoms with Gasteiger partial charge in [-0.2, -0.15) is 0 Å². The molecule has 2 unspecified atom stereocenters. The molecular weight excluding hydrogens is 251 g/mol. The Morgan fingerprint density at radius 3 is 2.53 bits per heavy atom. The van der Waals surface area contributed by atoms with Gasteiger partial charge in [-0.15, -0.1) is 0 Å². The number of benzene rings is 1. The third-order valence-electron chi connectivity index (χ3n) is 2.75. The zero-order valence-electron chi connectivity index (χ0n) is 11.0. The number of carbonyl (C=O) groups excluding carboxylic acids is 1. The van der Waals surface area contributed by atoms with Gasteiger partial charge in [-0.05, 0) is 24.7 Å². The fraction of sp³-hybridized carbons (Fsp3) is 0.462. The van der Waals surface area contributed by atoms with Gasteiger partial charge in [0, 0.05) is 13.7 Å². The number of hydrogen-bond donors (Lipinski definition) is 2. The van der Waals surface area contributed by atoms with Crippen molar-refractivity contribution in [3.05, 3.63) is 35.6 Å². The van der Waals surface area contributed by atoms with Crippen LogP contribution in [0, 0.1) is 5.82 Å². The minimum Gasteiger partial charge on any atom is -0.389 e. The fourth-order valence-corrected chi connectivity index (χ4v) is 1.96. The molecule has 1 aromatic carbocycles. The highest BCUT2D eigenvalue weighted by Gasteiger charge is 2.24. The zero-order chi connectivity index (χ0) is 14.4. The molecule has 0 aliphatic rings. The molecule has 6 heteroatoms. The van der Waals surface area contributed by atoms with E-state index in [4.69, 9.17) is 10.5 Å². The van der Waals surface area contributed by atoms with Crippen molar-refractivity contribution in [2.24, 2.45) is 5.73 Å². The molecule has 0 radical (unpaired) electrons. The molecule has 1 rings (SSSR count). The summed E-state index contributed by atoms with van der Waals surface area (Å²) in [5.74, 6) is -0.937. The number of ether oxygens (including phenoxy) is 1. The highest BCUT2D eigenvalue weighted by Crippen LogP contribution is 2.19. The molecule has 5 nitrogen and oxygen atoms in total. The maximum Gasteiger partial charge on any atom is 0.239 e. The molecule has 106 valence electrons. The van der Waals surface area contributed by atoms with Crippen molar-refractivity contribution in [3.8, 4) is 0 Å². The molecule has 0 aliphatic carbocycles. The summed E-state index contributed by atoms with van der Waals surface area (Å²) in [6.07, 6.45) is -0.725. The summed E-state index contributed by atoms with van der Waals surface area (Å²) in [7, 11) is 3.15. The van der Waals surface area contributed by atoms with Crippen molar-refractivity contribution in [2.75, 3.05) is 27.3 Å². The Kier molecular flexibility index (Phi) is 5.88. The van der Waals surface area contributed by atoms with Gasteiger partial charge in [-0.1, -0.05) is 12.1 Å². The number of rotatable bonds is 7. The number of aliphatic hydroxyl groups excluding tert-OH is 1. The summed E-state index contributed by atoms with van der Waals surface area (Å²) in [6.45, 7) is 0.387. The minimum atomic E-state index is -0.725. The number of likely N-dealkylation sites (N-methyl/N-ethyl adjacent to an activating group) is 1. The molecule has 1 amide bonds. The Bertz CT molecular complexity index is 411. The second-order valence-corrected chi connectivity index (χ2v) is 4.41. The fourth-order valence-electron chi connectivity index (χ4n) is 1.96. The van der Waals surface area contributed by atoms with Gasteiger partial charge in [0.1, 0.15) is 11.9 Å². The number of aliphatic hydroxyl groups is 1. The van der Waals surface area contributed by atoms with E-state index in [1.54, 1.807) is 11.9 Å². The van der Waals surface area contributed by atoms with Crippen molar-refractivity contribution >= 4 is 5.91 Å². The van der Waals surface area contributed by atoms with Gasteiger partial charge < -0.3 is 15.6 Å². The predicted molar refractivity (Wildman–Crippen MR) is 68.8 cm³/mol. The summed E-state index contributed by atoms with van der Waals surface area (Å²) in [5.41, 5.74) is 5.95. The van der Waals surface area contributed by atoms with E-state index in [9.17, 15) is 14.3 Å². The number of carbonyl (C=O) groups is 1. The highest BCUT2D eigenvalue weighted by molar-refractivity contribution is 5.81. The van der Waals surface area contributed by atoms with Crippen molar-refractivity contribution in [1.29, 1.82) is 0 Å². The van der Waals surface area contributed by atoms with Crippen LogP contribution in [0.1, 0.15) is 11.6 Å². The van der Waals surface area contributed by atoms with Crippen LogP contribution in [0.4, 0.5) is 4.39 Å². The van der Waals surface area contributed by atoms with Crippen LogP contribution in [0.5, 0.6) is 0 Å². The van der Waals surface area contributed by atoms with Gasteiger partial charge in [0.2, 0.25) is 5.91 Å². The Balaban J connectivity index is 2.82. The molecule has 0 aromatic heterocycles. The molecule has 0 saturated heterocycles. The van der Waals surface area contributed by atoms with Gasteiger partial charge in [0.15, 0.2) is 0 Å². The first kappa shape index (κ1) is 15.6. The van der Waals surface area contributed by atoms with Crippen LogP contribution in [0.15, 0.2) is 24.3 Å². The summed E-state index contributed by atoms with van der Waals surface area (Å²) < 4.78 is 17.7. The third kappa shape index (κ3) is 4.59. The number of primary amides is 1. The minimum absolute atomic E-state index is 0.166. The summed E-state index contributed by atoms with van der Waals surface area (Å²) in [5, 5.41) is 9.66. The standard InChI is InChI=1S/C13H19FN2O3/c1-16(7-11(17)8-19-2)12(13(15)18)9-3-5-10(14)6-4-9/h3-6,11-12,17H,7-8H2,1-2H3,(H2,15,18). The SMILES string of the molecule is COCC(O)CN(C)C(C(N)=O)c1ccc(F)cc1. The van der Waals surface area contributed by atoms with E-state index < -0.39 is 18.1 Å². The summed E-state index contributed by atoms with van der Waals surface area (Å²) in [4.78, 5) is 13.1. The van der Waals surface area contributed by atoms with Gasteiger partial charge in [0.25, 0.3) is 0 Å². The van der Waals surface area contributed by atoms with Gasteiger partial charge in [-0.25, -0.2) is 4.39 Å². The van der Waals surface area contributed by atoms with Gasteiger partial charge >= 0.3 is 0 Å². The number of amides is 1. The van der Waals surface area contributed by atoms with Crippen LogP contribution in [0.3, 0.4) is 0 Å². The molecule has 1 aromatic rings. The maximum atomic E-state index is 12.9. The van der Waals surface area contributed by atoms with E-state index in [-0.39, 0.29) is 19.0 Å². The number of halogens is 1. The van der Waals surface area contributed by atoms with Gasteiger partial charge in [-0.3, -0.25) is 9.69 Å². The Hall–Kier alpha value is -1.50. The number of nitrogens with two attached hydrogens (primary N) is 1. The third-order valence-corrected chi connectivity index (χ3v) is 2.75. The molecule has 19 heavy (non-hydrogen) atoms. The molecule has 0 spiro atoms. The lowest BCUT2D eigenvalue weighted by Crippen LogP contribution is -2.40. The average molecular weight is 270 g/mol. The first-order valence-electron chi connectivity index (χ1n) is 5.87. The second kappa shape index (κ2) is 7.18. The van der Waals surface area contributed by atoms with E-state index in [2.05, 4.69) is 0 Å². The van der Waals surface area contributed by atoms with Crippen LogP contribution < -0.4 is 5.73 Å². The zero-order valence-corrected chi connectivity index (χ0v) is 11.0. The maximum absolute atomic E-state index is 12.9. The van der Waals surface area contributed by atoms with E-state index in [1.807, 2.05) is 0 Å². The monoisotopic (exact) mass is 270 g/mol. The van der Waals surface area contributed by atoms with Crippen LogP contribution >= 0.6 is 0 Å². The van der Waals surface area contributed by atoms with Gasteiger partial charge in [0.05, 0.1) is 12.7 Å². The normalized spacial score (nSPS) is 14.4. The molecule has 0 heterocycles. The lowest BCUT2D eigenvalue weighted by atomic mass is 10.0. The van der Waals surface area contributed by atoms with Crippen molar-refractivity contribution in [1.82, 2.24) is 4.90 Å². The Morgan fingerprint density at radius 2 is 2.05 bits per heavy atom. The first-order valence-corrected chi connectivity index (χ1v) is 5.87. The molecule has 0 aliphatic heterocycles. The van der Waals surface area contributed by atoms with E-state index in [0.717, 1.165) is 0 Å². The van der Waals surface area contributed by atoms with Crippen molar-refractivity contribution in [2.45, 2.75) is 12.1 Å². The first-order chi connectivity index (χ1) is 8.95. The number of methoxy groups -OCH3 is 1. The smallest absolute Gasteiger partial charge is 0.239 e. The highest BCUT2D eigenvalue weighted by atomic mass is 19.1. The lowest BCUT2D eigenvalue weighted by Gasteiger charge is -2.27. The van der Waals surface area contributed by atoms with Crippen LogP contribution in [0.25, 0.3) is 0 Å². The lowest BCUT2D eigenvalue weighted by molar-refractivity contribution is -0.123. The Labute approximate surface area is 111 Å². The van der Waals surface area contributed by atoms with Crippen molar-refractivity contribution in [3.63, 3.8) is 0 Å². The van der Waals surface area contributed by atoms with Crippen molar-refractivity contribution < 1.29 is 19.0 Å². The van der Waals surface area contributed by atoms with Crippen LogP contribution in [-0.4, -0.2) is 49.3 Å². The van der Waals surface area contributed by atoms with Crippen LogP contribution in [0.2, 0.25) is 0 Å². The quantitative estimate of drug-likeness (QED) is 0.747. The molecule has 0 fully saturated rings. The number of nitrogens with zero attached hydrogens (tertiary/aromatic N) is 1. The molecule has 2 atom stereocenters. The topological polar surface area (TPSA) is 75.8 Å². The average Bonchev–Trinajstić information content (AvgIpc) is 2.31. The largest absolute Gasteiger partial charge is 0.389 e. The molecular formula is C13H19FN2O3. The molecule has 0 bridgehead atoms. The Morgan fingerprint density at radius 1 is 1.47 bits per heavy atom. The predicted octanol–water partition coefficient (Wildman–Crippen LogP) is 0.291. The van der Waals surface area contributed by atoms with E-state index in [1.165, 1.54) is 31.4 Å². The van der Waals surface area contributed by atoms with E-state index in [0.29, 0.717) is 5.56 Å². The number of hydrogen-bond acceptors (Lipinski definition) is 4. The summed E-state index contributed by atoms with van der Waals surface area (Å²) in [6, 6.07) is 4.83. The molecule has 0 saturated carbocycles. The molecule has 3 N–H and O–H groups in total. The van der Waals surface area contributed by atoms with Crippen LogP contribution in [-0.2, 0) is 9.53 Å². The van der Waals surface area contributed by atoms with E-state index >= 15 is 0 Å². The second-order valence-electron chi connectivity index (χ2n) is 4.41. The summed E-state index contributed by atoms with van der Waals surface area (Å²) >= 11 is 0.